The predicted octanol–water partition coefficient (Wildman–Crippen LogP) is 1.61. The van der Waals surface area contributed by atoms with Gasteiger partial charge in [0.2, 0.25) is 6.08 Å². The molecule has 0 aliphatic carbocycles. The van der Waals surface area contributed by atoms with E-state index in [4.69, 9.17) is 22.2 Å². The molecule has 0 aliphatic rings. The number of carbonyl (C=O) groups excluding carboxylic acids is 1. The van der Waals surface area contributed by atoms with Crippen molar-refractivity contribution in [3.63, 3.8) is 0 Å². The van der Waals surface area contributed by atoms with Crippen molar-refractivity contribution >= 4 is 35.7 Å². The van der Waals surface area contributed by atoms with E-state index in [2.05, 4.69) is 4.99 Å². The van der Waals surface area contributed by atoms with Gasteiger partial charge in [0, 0.05) is 0 Å². The minimum Gasteiger partial charge on any atom is -0.211 e. The van der Waals surface area contributed by atoms with E-state index in [9.17, 15) is 4.79 Å². The zero-order valence-corrected chi connectivity index (χ0v) is 7.41. The highest BCUT2D eigenvalue weighted by atomic mass is 35.7. The molecular weight excluding hydrogens is 177 g/mol. The molecule has 9 heavy (non-hydrogen) atoms. The van der Waals surface area contributed by atoms with E-state index in [1.807, 2.05) is 6.92 Å². The molecule has 0 aromatic rings. The molecule has 0 amide bonds. The van der Waals surface area contributed by atoms with Gasteiger partial charge < -0.3 is 0 Å². The Morgan fingerprint density at radius 1 is 1.78 bits per heavy atom. The van der Waals surface area contributed by atoms with Gasteiger partial charge in [-0.2, -0.15) is 0 Å². The summed E-state index contributed by atoms with van der Waals surface area (Å²) in [6.07, 6.45) is 2.14. The van der Waals surface area contributed by atoms with Crippen molar-refractivity contribution in [2.75, 3.05) is 0 Å². The third-order valence-corrected chi connectivity index (χ3v) is 3.40. The summed E-state index contributed by atoms with van der Waals surface area (Å²) in [6, 6.07) is 0. The molecule has 0 aromatic carbocycles. The number of isocyanates is 1. The molecule has 51 valence electrons. The van der Waals surface area contributed by atoms with Gasteiger partial charge in [0.15, 0.2) is 0 Å². The number of aliphatic imine (C=N–C) groups is 1. The van der Waals surface area contributed by atoms with E-state index in [0.29, 0.717) is 6.42 Å². The van der Waals surface area contributed by atoms with Crippen molar-refractivity contribution < 1.29 is 4.79 Å². The highest BCUT2D eigenvalue weighted by Crippen LogP contribution is 2.08. The number of hydrogen-bond acceptors (Lipinski definition) is 2. The van der Waals surface area contributed by atoms with E-state index in [1.165, 1.54) is 6.08 Å². The number of halogens is 2. The maximum Gasteiger partial charge on any atom is 0.299 e. The van der Waals surface area contributed by atoms with E-state index >= 15 is 0 Å². The molecule has 0 spiro atoms. The summed E-state index contributed by atoms with van der Waals surface area (Å²) in [4.78, 5) is 13.1. The lowest BCUT2D eigenvalue weighted by Crippen LogP contribution is -2.16. The minimum absolute atomic E-state index is 0.198. The van der Waals surface area contributed by atoms with Crippen LogP contribution in [0.3, 0.4) is 0 Å². The highest BCUT2D eigenvalue weighted by Gasteiger charge is 2.16. The Morgan fingerprint density at radius 3 is 2.44 bits per heavy atom. The highest BCUT2D eigenvalue weighted by molar-refractivity contribution is 7.34. The Morgan fingerprint density at radius 2 is 2.33 bits per heavy atom. The molecule has 0 N–H and O–H groups in total. The van der Waals surface area contributed by atoms with Gasteiger partial charge in [0.25, 0.3) is 7.42 Å². The fraction of sp³-hybridized carbons (Fsp3) is 0.750. The van der Waals surface area contributed by atoms with Crippen LogP contribution < -0.4 is 0 Å². The molecule has 0 heterocycles. The average Bonchev–Trinajstić information content (AvgIpc) is 1.82. The molecule has 1 unspecified atom stereocenters. The Bertz CT molecular complexity index is 124. The minimum atomic E-state index is -1.47. The fourth-order valence-corrected chi connectivity index (χ4v) is 2.04. The molecule has 0 saturated heterocycles. The Labute approximate surface area is 64.9 Å². The van der Waals surface area contributed by atoms with Crippen molar-refractivity contribution in [3.8, 4) is 0 Å². The van der Waals surface area contributed by atoms with Crippen molar-refractivity contribution in [3.05, 3.63) is 0 Å². The second-order valence-corrected chi connectivity index (χ2v) is 5.70. The first-order valence-corrected chi connectivity index (χ1v) is 6.07. The van der Waals surface area contributed by atoms with Gasteiger partial charge in [-0.1, -0.05) is 6.92 Å². The predicted molar refractivity (Wildman–Crippen MR) is 39.7 cm³/mol. The van der Waals surface area contributed by atoms with Crippen LogP contribution in [0.5, 0.6) is 0 Å². The van der Waals surface area contributed by atoms with E-state index in [0.717, 1.165) is 0 Å². The van der Waals surface area contributed by atoms with Crippen LogP contribution in [0.15, 0.2) is 4.99 Å². The third-order valence-electron chi connectivity index (χ3n) is 0.847. The molecule has 1 atom stereocenters. The smallest absolute Gasteiger partial charge is 0.211 e. The van der Waals surface area contributed by atoms with Crippen LogP contribution in [-0.4, -0.2) is 19.2 Å². The van der Waals surface area contributed by atoms with Crippen molar-refractivity contribution in [1.82, 2.24) is 0 Å². The normalized spacial score (nSPS) is 12.9. The summed E-state index contributed by atoms with van der Waals surface area (Å²) in [7, 11) is -1.47. The van der Waals surface area contributed by atoms with Crippen LogP contribution in [0.2, 0.25) is 0 Å². The lowest BCUT2D eigenvalue weighted by Gasteiger charge is -2.02. The maximum absolute atomic E-state index is 9.69. The third kappa shape index (κ3) is 3.70. The summed E-state index contributed by atoms with van der Waals surface area (Å²) >= 11 is 11.0. The Balaban J connectivity index is 3.82. The van der Waals surface area contributed by atoms with E-state index in [1.54, 1.807) is 0 Å². The zero-order valence-electron chi connectivity index (χ0n) is 4.90. The first-order valence-electron chi connectivity index (χ1n) is 2.47. The summed E-state index contributed by atoms with van der Waals surface area (Å²) in [5, 5.41) is 0. The van der Waals surface area contributed by atoms with Crippen LogP contribution in [0, 0.1) is 0 Å². The van der Waals surface area contributed by atoms with Crippen molar-refractivity contribution in [2.24, 2.45) is 4.99 Å². The topological polar surface area (TPSA) is 29.4 Å². The quantitative estimate of drug-likeness (QED) is 0.283. The van der Waals surface area contributed by atoms with Gasteiger partial charge in [-0.25, -0.2) is 9.79 Å². The molecule has 0 fully saturated rings. The fourth-order valence-electron chi connectivity index (χ4n) is 0.358. The molecular formula is C4H6Cl2NOSi. The zero-order chi connectivity index (χ0) is 7.28. The Hall–Kier alpha value is 0.177. The van der Waals surface area contributed by atoms with Gasteiger partial charge in [-0.05, 0) is 6.42 Å². The van der Waals surface area contributed by atoms with Crippen LogP contribution >= 0.6 is 22.2 Å². The molecule has 2 nitrogen and oxygen atoms in total. The first-order chi connectivity index (χ1) is 4.22. The van der Waals surface area contributed by atoms with Gasteiger partial charge >= 0.3 is 0 Å². The lowest BCUT2D eigenvalue weighted by atomic mass is 10.5. The van der Waals surface area contributed by atoms with Crippen LogP contribution in [0.25, 0.3) is 0 Å². The Kier molecular flexibility index (Phi) is 5.10. The van der Waals surface area contributed by atoms with Gasteiger partial charge in [-0.15, -0.1) is 22.2 Å². The van der Waals surface area contributed by atoms with Crippen LogP contribution in [0.1, 0.15) is 13.3 Å². The molecule has 0 rings (SSSR count). The van der Waals surface area contributed by atoms with E-state index < -0.39 is 7.42 Å². The SMILES string of the molecule is CCC(N=C=O)[Si](Cl)Cl. The summed E-state index contributed by atoms with van der Waals surface area (Å²) in [6.45, 7) is 1.88. The largest absolute Gasteiger partial charge is 0.299 e. The van der Waals surface area contributed by atoms with Crippen molar-refractivity contribution in [2.45, 2.75) is 19.0 Å². The number of hydrogen-bond donors (Lipinski definition) is 0. The monoisotopic (exact) mass is 182 g/mol. The molecule has 5 heteroatoms. The van der Waals surface area contributed by atoms with Gasteiger partial charge in [-0.3, -0.25) is 0 Å². The van der Waals surface area contributed by atoms with E-state index in [-0.39, 0.29) is 5.67 Å². The molecule has 0 aliphatic heterocycles. The molecule has 0 bridgehead atoms. The molecule has 0 saturated carbocycles. The summed E-state index contributed by atoms with van der Waals surface area (Å²) < 4.78 is 0. The second-order valence-electron chi connectivity index (χ2n) is 1.43. The second kappa shape index (κ2) is 5.00. The summed E-state index contributed by atoms with van der Waals surface area (Å²) in [5.41, 5.74) is -0.198. The van der Waals surface area contributed by atoms with Crippen LogP contribution in [0.4, 0.5) is 0 Å². The molecule has 0 aromatic heterocycles. The maximum atomic E-state index is 9.69. The standard InChI is InChI=1S/C4H6Cl2NOSi/c1-2-4(7-3-8)9(5)6/h4H,2H2,1H3. The van der Waals surface area contributed by atoms with Crippen molar-refractivity contribution in [1.29, 1.82) is 0 Å². The average molecular weight is 183 g/mol. The number of rotatable bonds is 3. The van der Waals surface area contributed by atoms with Gasteiger partial charge in [0.05, 0.1) is 5.67 Å². The van der Waals surface area contributed by atoms with Gasteiger partial charge in [0.1, 0.15) is 0 Å². The number of nitrogens with zero attached hydrogens (tertiary/aromatic N) is 1. The first kappa shape index (κ1) is 9.18. The summed E-state index contributed by atoms with van der Waals surface area (Å²) in [5.74, 6) is 0. The lowest BCUT2D eigenvalue weighted by molar-refractivity contribution is 0.561. The van der Waals surface area contributed by atoms with Crippen LogP contribution in [-0.2, 0) is 4.79 Å². The molecule has 1 radical (unpaired) electrons.